The zero-order valence-corrected chi connectivity index (χ0v) is 15.3. The fourth-order valence-corrected chi connectivity index (χ4v) is 5.16. The van der Waals surface area contributed by atoms with E-state index in [2.05, 4.69) is 13.8 Å². The molecule has 0 bridgehead atoms. The van der Waals surface area contributed by atoms with Crippen molar-refractivity contribution in [3.05, 3.63) is 48.0 Å². The number of rotatable bonds is 2. The maximum atomic E-state index is 6.51. The van der Waals surface area contributed by atoms with Gasteiger partial charge in [0, 0.05) is 28.7 Å². The summed E-state index contributed by atoms with van der Waals surface area (Å²) in [5, 5.41) is 0. The second-order valence-corrected chi connectivity index (χ2v) is 8.70. The molecule has 0 aromatic heterocycles. The molecule has 1 saturated carbocycles. The molecule has 2 aromatic carbocycles. The molecule has 2 aliphatic rings. The summed E-state index contributed by atoms with van der Waals surface area (Å²) >= 11 is 13.0. The van der Waals surface area contributed by atoms with E-state index >= 15 is 0 Å². The zero-order chi connectivity index (χ0) is 17.3. The number of nitrogens with two attached hydrogens (primary N) is 1. The van der Waals surface area contributed by atoms with Gasteiger partial charge in [0.15, 0.2) is 4.33 Å². The molecule has 0 amide bonds. The summed E-state index contributed by atoms with van der Waals surface area (Å²) in [5.74, 6) is 2.25. The SMILES string of the molecule is CC1(C)c2ccc(Oc3ccc(N)cc3)cc2OC2(C)C1C2(Cl)Cl. The Balaban J connectivity index is 1.69. The fourth-order valence-electron chi connectivity index (χ4n) is 4.02. The van der Waals surface area contributed by atoms with Crippen LogP contribution in [-0.2, 0) is 5.41 Å². The first kappa shape index (κ1) is 15.9. The van der Waals surface area contributed by atoms with E-state index in [1.807, 2.05) is 37.3 Å². The maximum Gasteiger partial charge on any atom is 0.165 e. The Bertz CT molecular complexity index is 817. The second kappa shape index (κ2) is 4.74. The van der Waals surface area contributed by atoms with Gasteiger partial charge in [0.1, 0.15) is 22.8 Å². The molecule has 1 aliphatic carbocycles. The van der Waals surface area contributed by atoms with E-state index in [1.54, 1.807) is 12.1 Å². The minimum absolute atomic E-state index is 0.0530. The van der Waals surface area contributed by atoms with E-state index in [9.17, 15) is 0 Å². The molecule has 0 radical (unpaired) electrons. The van der Waals surface area contributed by atoms with Crippen molar-refractivity contribution in [3.8, 4) is 17.2 Å². The van der Waals surface area contributed by atoms with Crippen LogP contribution in [0.4, 0.5) is 5.69 Å². The first-order valence-corrected chi connectivity index (χ1v) is 8.66. The molecule has 0 spiro atoms. The van der Waals surface area contributed by atoms with E-state index in [0.29, 0.717) is 11.4 Å². The van der Waals surface area contributed by atoms with Crippen LogP contribution in [0.2, 0.25) is 0 Å². The molecule has 2 aromatic rings. The Morgan fingerprint density at radius 2 is 1.62 bits per heavy atom. The molecular weight excluding hydrogens is 345 g/mol. The number of hydrogen-bond donors (Lipinski definition) is 1. The predicted molar refractivity (Wildman–Crippen MR) is 97.4 cm³/mol. The van der Waals surface area contributed by atoms with Crippen LogP contribution in [-0.4, -0.2) is 9.93 Å². The molecule has 1 aliphatic heterocycles. The number of hydrogen-bond acceptors (Lipinski definition) is 3. The summed E-state index contributed by atoms with van der Waals surface area (Å²) in [4.78, 5) is 0. The van der Waals surface area contributed by atoms with Crippen LogP contribution in [0.15, 0.2) is 42.5 Å². The van der Waals surface area contributed by atoms with Gasteiger partial charge in [-0.05, 0) is 37.3 Å². The van der Waals surface area contributed by atoms with Crippen LogP contribution in [0, 0.1) is 5.92 Å². The van der Waals surface area contributed by atoms with Gasteiger partial charge in [-0.3, -0.25) is 0 Å². The number of nitrogen functional groups attached to an aromatic ring is 1. The molecule has 1 fully saturated rings. The molecule has 24 heavy (non-hydrogen) atoms. The average molecular weight is 364 g/mol. The molecular formula is C19H19Cl2NO2. The Morgan fingerprint density at radius 1 is 1.00 bits per heavy atom. The van der Waals surface area contributed by atoms with Gasteiger partial charge in [-0.15, -0.1) is 0 Å². The van der Waals surface area contributed by atoms with E-state index in [-0.39, 0.29) is 11.3 Å². The van der Waals surface area contributed by atoms with Gasteiger partial charge >= 0.3 is 0 Å². The highest BCUT2D eigenvalue weighted by atomic mass is 35.5. The summed E-state index contributed by atoms with van der Waals surface area (Å²) in [5.41, 5.74) is 6.74. The topological polar surface area (TPSA) is 44.5 Å². The average Bonchev–Trinajstić information content (AvgIpc) is 2.94. The number of halogens is 2. The molecule has 2 unspecified atom stereocenters. The standard InChI is InChI=1S/C19H19Cl2NO2/c1-17(2)14-9-8-13(23-12-6-4-11(22)5-7-12)10-15(14)24-18(3)16(17)19(18,20)21/h4-10,16H,22H2,1-3H3. The lowest BCUT2D eigenvalue weighted by Crippen LogP contribution is -2.34. The fraction of sp³-hybridized carbons (Fsp3) is 0.368. The third-order valence-corrected chi connectivity index (χ3v) is 6.49. The van der Waals surface area contributed by atoms with Crippen molar-refractivity contribution in [2.45, 2.75) is 36.1 Å². The first-order chi connectivity index (χ1) is 11.2. The molecule has 5 heteroatoms. The minimum atomic E-state index is -0.881. The van der Waals surface area contributed by atoms with Crippen molar-refractivity contribution in [1.29, 1.82) is 0 Å². The number of fused-ring (bicyclic) bond motifs is 2. The Morgan fingerprint density at radius 3 is 2.29 bits per heavy atom. The Labute approximate surface area is 151 Å². The molecule has 2 N–H and O–H groups in total. The Kier molecular flexibility index (Phi) is 3.14. The summed E-state index contributed by atoms with van der Waals surface area (Å²) in [7, 11) is 0. The third-order valence-electron chi connectivity index (χ3n) is 5.30. The number of anilines is 1. The minimum Gasteiger partial charge on any atom is -0.484 e. The van der Waals surface area contributed by atoms with E-state index in [1.165, 1.54) is 0 Å². The number of alkyl halides is 2. The predicted octanol–water partition coefficient (Wildman–Crippen LogP) is 5.29. The molecule has 1 heterocycles. The van der Waals surface area contributed by atoms with Crippen molar-refractivity contribution in [2.24, 2.45) is 5.92 Å². The normalized spacial score (nSPS) is 28.3. The lowest BCUT2D eigenvalue weighted by Gasteiger charge is -2.35. The van der Waals surface area contributed by atoms with Gasteiger partial charge in [0.2, 0.25) is 0 Å². The molecule has 2 atom stereocenters. The van der Waals surface area contributed by atoms with Crippen LogP contribution in [0.25, 0.3) is 0 Å². The van der Waals surface area contributed by atoms with Gasteiger partial charge in [-0.25, -0.2) is 0 Å². The lowest BCUT2D eigenvalue weighted by molar-refractivity contribution is 0.132. The van der Waals surface area contributed by atoms with E-state index < -0.39 is 9.93 Å². The van der Waals surface area contributed by atoms with Gasteiger partial charge in [-0.2, -0.15) is 0 Å². The lowest BCUT2D eigenvalue weighted by atomic mass is 9.76. The van der Waals surface area contributed by atoms with Crippen LogP contribution >= 0.6 is 23.2 Å². The third kappa shape index (κ3) is 2.04. The van der Waals surface area contributed by atoms with Gasteiger partial charge < -0.3 is 15.2 Å². The zero-order valence-electron chi connectivity index (χ0n) is 13.8. The van der Waals surface area contributed by atoms with Crippen LogP contribution in [0.5, 0.6) is 17.2 Å². The van der Waals surface area contributed by atoms with E-state index in [0.717, 1.165) is 17.1 Å². The highest BCUT2D eigenvalue weighted by molar-refractivity contribution is 6.52. The van der Waals surface area contributed by atoms with Crippen molar-refractivity contribution in [2.75, 3.05) is 5.73 Å². The molecule has 0 saturated heterocycles. The molecule has 3 nitrogen and oxygen atoms in total. The van der Waals surface area contributed by atoms with Crippen molar-refractivity contribution in [3.63, 3.8) is 0 Å². The largest absolute Gasteiger partial charge is 0.484 e. The monoisotopic (exact) mass is 363 g/mol. The number of benzene rings is 2. The van der Waals surface area contributed by atoms with Crippen LogP contribution < -0.4 is 15.2 Å². The molecule has 126 valence electrons. The summed E-state index contributed by atoms with van der Waals surface area (Å²) in [6.07, 6.45) is 0. The van der Waals surface area contributed by atoms with Crippen molar-refractivity contribution in [1.82, 2.24) is 0 Å². The van der Waals surface area contributed by atoms with Gasteiger partial charge in [0.05, 0.1) is 0 Å². The number of ether oxygens (including phenoxy) is 2. The highest BCUT2D eigenvalue weighted by Crippen LogP contribution is 2.73. The summed E-state index contributed by atoms with van der Waals surface area (Å²) in [6.45, 7) is 6.28. The first-order valence-electron chi connectivity index (χ1n) is 7.91. The maximum absolute atomic E-state index is 6.51. The second-order valence-electron chi connectivity index (χ2n) is 7.32. The van der Waals surface area contributed by atoms with Gasteiger partial charge in [0.25, 0.3) is 0 Å². The quantitative estimate of drug-likeness (QED) is 0.581. The van der Waals surface area contributed by atoms with Gasteiger partial charge in [-0.1, -0.05) is 43.1 Å². The van der Waals surface area contributed by atoms with Crippen molar-refractivity contribution >= 4 is 28.9 Å². The molecule has 4 rings (SSSR count). The smallest absolute Gasteiger partial charge is 0.165 e. The van der Waals surface area contributed by atoms with E-state index in [4.69, 9.17) is 38.4 Å². The summed E-state index contributed by atoms with van der Waals surface area (Å²) in [6, 6.07) is 13.1. The summed E-state index contributed by atoms with van der Waals surface area (Å²) < 4.78 is 11.2. The van der Waals surface area contributed by atoms with Crippen LogP contribution in [0.1, 0.15) is 26.3 Å². The van der Waals surface area contributed by atoms with Crippen molar-refractivity contribution < 1.29 is 9.47 Å². The highest BCUT2D eigenvalue weighted by Gasteiger charge is 2.82. The Hall–Kier alpha value is -1.58. The van der Waals surface area contributed by atoms with Crippen LogP contribution in [0.3, 0.4) is 0 Å².